The van der Waals surface area contributed by atoms with Gasteiger partial charge in [0.1, 0.15) is 5.75 Å². The Morgan fingerprint density at radius 3 is 1.95 bits per heavy atom. The molecule has 0 bridgehead atoms. The molecule has 0 fully saturated rings. The maximum Gasteiger partial charge on any atom is 0.534 e. The van der Waals surface area contributed by atoms with Gasteiger partial charge in [-0.05, 0) is 99.3 Å². The fourth-order valence-electron chi connectivity index (χ4n) is 4.52. The first kappa shape index (κ1) is 30.2. The molecule has 0 N–H and O–H groups in total. The van der Waals surface area contributed by atoms with Gasteiger partial charge in [0.15, 0.2) is 0 Å². The molecule has 0 unspecified atom stereocenters. The monoisotopic (exact) mass is 688 g/mol. The highest BCUT2D eigenvalue weighted by Crippen LogP contribution is 2.42. The molecule has 0 aliphatic heterocycles. The second kappa shape index (κ2) is 12.2. The van der Waals surface area contributed by atoms with E-state index in [2.05, 4.69) is 32.2 Å². The van der Waals surface area contributed by atoms with Gasteiger partial charge in [0.25, 0.3) is 0 Å². The molecule has 3 nitrogen and oxygen atoms in total. The summed E-state index contributed by atoms with van der Waals surface area (Å²) in [5.74, 6) is -0.431. The number of rotatable bonds is 7. The van der Waals surface area contributed by atoms with Crippen molar-refractivity contribution in [3.8, 4) is 50.3 Å². The van der Waals surface area contributed by atoms with Crippen LogP contribution in [0.1, 0.15) is 0 Å². The van der Waals surface area contributed by atoms with Gasteiger partial charge in [0.2, 0.25) is 0 Å². The van der Waals surface area contributed by atoms with Crippen molar-refractivity contribution >= 4 is 49.4 Å². The number of alkyl halides is 3. The van der Waals surface area contributed by atoms with Crippen molar-refractivity contribution in [1.29, 1.82) is 0 Å². The van der Waals surface area contributed by atoms with Crippen LogP contribution >= 0.6 is 39.3 Å². The van der Waals surface area contributed by atoms with Gasteiger partial charge in [-0.15, -0.1) is 11.8 Å². The lowest BCUT2D eigenvalue weighted by molar-refractivity contribution is -0.0500. The van der Waals surface area contributed by atoms with Crippen LogP contribution in [0.15, 0.2) is 119 Å². The quantitative estimate of drug-likeness (QED) is 0.0969. The minimum absolute atomic E-state index is 0.431. The normalized spacial score (nSPS) is 11.9. The molecule has 5 aromatic rings. The van der Waals surface area contributed by atoms with Crippen molar-refractivity contribution in [3.63, 3.8) is 0 Å². The molecule has 0 aromatic heterocycles. The lowest BCUT2D eigenvalue weighted by atomic mass is 9.90. The first-order valence-corrected chi connectivity index (χ1v) is 16.2. The Hall–Kier alpha value is -3.24. The van der Waals surface area contributed by atoms with Crippen LogP contribution in [0.4, 0.5) is 13.2 Å². The molecule has 10 heteroatoms. The summed E-state index contributed by atoms with van der Waals surface area (Å²) >= 11 is 11.4. The molecule has 214 valence electrons. The molecule has 0 aliphatic carbocycles. The van der Waals surface area contributed by atoms with Gasteiger partial charge in [-0.3, -0.25) is 0 Å². The van der Waals surface area contributed by atoms with E-state index in [4.69, 9.17) is 11.6 Å². The number of benzene rings is 5. The van der Waals surface area contributed by atoms with Crippen molar-refractivity contribution < 1.29 is 25.8 Å². The van der Waals surface area contributed by atoms with Crippen LogP contribution < -0.4 is 4.18 Å². The van der Waals surface area contributed by atoms with Crippen molar-refractivity contribution in [2.45, 2.75) is 10.4 Å². The summed E-state index contributed by atoms with van der Waals surface area (Å²) in [4.78, 5) is 1.05. The Morgan fingerprint density at radius 2 is 1.29 bits per heavy atom. The predicted octanol–water partition coefficient (Wildman–Crippen LogP) is 10.7. The molecule has 0 radical (unpaired) electrons. The van der Waals surface area contributed by atoms with Crippen LogP contribution in [-0.4, -0.2) is 20.2 Å². The number of hydrogen-bond acceptors (Lipinski definition) is 4. The van der Waals surface area contributed by atoms with Gasteiger partial charge >= 0.3 is 15.6 Å². The van der Waals surface area contributed by atoms with E-state index in [9.17, 15) is 21.6 Å². The minimum Gasteiger partial charge on any atom is -0.376 e. The van der Waals surface area contributed by atoms with E-state index >= 15 is 0 Å². The van der Waals surface area contributed by atoms with E-state index in [1.165, 1.54) is 18.2 Å². The summed E-state index contributed by atoms with van der Waals surface area (Å²) < 4.78 is 67.1. The fraction of sp³-hybridized carbons (Fsp3) is 0.0625. The molecular formula is C32H21BrClF3O3S2. The Morgan fingerprint density at radius 1 is 0.690 bits per heavy atom. The van der Waals surface area contributed by atoms with E-state index in [-0.39, 0.29) is 0 Å². The minimum atomic E-state index is -5.80. The molecule has 5 rings (SSSR count). The second-order valence-electron chi connectivity index (χ2n) is 9.21. The highest BCUT2D eigenvalue weighted by molar-refractivity contribution is 9.10. The first-order chi connectivity index (χ1) is 19.9. The van der Waals surface area contributed by atoms with Crippen LogP contribution in [-0.2, 0) is 10.1 Å². The maximum absolute atomic E-state index is 12.9. The second-order valence-corrected chi connectivity index (χ2v) is 12.9. The highest BCUT2D eigenvalue weighted by Gasteiger charge is 2.48. The molecule has 0 aliphatic rings. The lowest BCUT2D eigenvalue weighted by Crippen LogP contribution is -2.28. The SMILES string of the molecule is CSc1cc(-c2cccc(Cl)c2)ccc1-c1ccc(-c2cccc(OS(=O)(=O)C(F)(F)F)c2)cc1-c1cccc(Br)c1. The van der Waals surface area contributed by atoms with Gasteiger partial charge in [0, 0.05) is 14.4 Å². The van der Waals surface area contributed by atoms with Gasteiger partial charge in [-0.25, -0.2) is 0 Å². The van der Waals surface area contributed by atoms with Crippen LogP contribution in [0.5, 0.6) is 5.75 Å². The molecular weight excluding hydrogens is 669 g/mol. The third-order valence-corrected chi connectivity index (χ3v) is 8.95. The van der Waals surface area contributed by atoms with E-state index < -0.39 is 21.4 Å². The first-order valence-electron chi connectivity index (χ1n) is 12.4. The maximum atomic E-state index is 12.9. The van der Waals surface area contributed by atoms with Crippen molar-refractivity contribution in [2.24, 2.45) is 0 Å². The molecule has 42 heavy (non-hydrogen) atoms. The Labute approximate surface area is 259 Å². The molecule has 0 amide bonds. The number of halogens is 5. The van der Waals surface area contributed by atoms with E-state index in [0.29, 0.717) is 16.1 Å². The van der Waals surface area contributed by atoms with Gasteiger partial charge in [0.05, 0.1) is 0 Å². The van der Waals surface area contributed by atoms with E-state index in [0.717, 1.165) is 42.7 Å². The Balaban J connectivity index is 1.63. The van der Waals surface area contributed by atoms with Crippen LogP contribution in [0.25, 0.3) is 44.5 Å². The standard InChI is InChI=1S/C32H21BrClF3O3S2/c1-41-31-19-23(20-5-3-9-26(34)16-20)12-14-29(31)28-13-11-22(18-30(28)24-7-2-8-25(33)15-24)21-6-4-10-27(17-21)40-42(38,39)32(35,36)37/h2-19H,1H3. The zero-order chi connectivity index (χ0) is 30.1. The zero-order valence-electron chi connectivity index (χ0n) is 21.8. The summed E-state index contributed by atoms with van der Waals surface area (Å²) in [6, 6.07) is 33.0. The van der Waals surface area contributed by atoms with Gasteiger partial charge in [-0.2, -0.15) is 21.6 Å². The van der Waals surface area contributed by atoms with Crippen molar-refractivity contribution in [1.82, 2.24) is 0 Å². The molecule has 5 aromatic carbocycles. The summed E-state index contributed by atoms with van der Waals surface area (Å²) in [7, 11) is -5.80. The van der Waals surface area contributed by atoms with Gasteiger partial charge < -0.3 is 4.18 Å². The fourth-order valence-corrected chi connectivity index (χ4v) is 6.20. The largest absolute Gasteiger partial charge is 0.534 e. The van der Waals surface area contributed by atoms with Crippen molar-refractivity contribution in [3.05, 3.63) is 119 Å². The topological polar surface area (TPSA) is 43.4 Å². The molecule has 0 saturated carbocycles. The Bertz CT molecular complexity index is 1890. The average molecular weight is 690 g/mol. The molecule has 0 spiro atoms. The average Bonchev–Trinajstić information content (AvgIpc) is 2.96. The zero-order valence-corrected chi connectivity index (χ0v) is 25.8. The van der Waals surface area contributed by atoms with E-state index in [1.807, 2.05) is 79.1 Å². The number of thioether (sulfide) groups is 1. The van der Waals surface area contributed by atoms with Crippen LogP contribution in [0.2, 0.25) is 5.02 Å². The van der Waals surface area contributed by atoms with Crippen molar-refractivity contribution in [2.75, 3.05) is 6.26 Å². The van der Waals surface area contributed by atoms with Gasteiger partial charge in [-0.1, -0.05) is 88.2 Å². The third-order valence-electron chi connectivity index (χ3n) is 6.46. The molecule has 0 heterocycles. The summed E-state index contributed by atoms with van der Waals surface area (Å²) in [6.45, 7) is 0. The Kier molecular flexibility index (Phi) is 8.76. The highest BCUT2D eigenvalue weighted by atomic mass is 79.9. The summed E-state index contributed by atoms with van der Waals surface area (Å²) in [6.07, 6.45) is 2.01. The molecule has 0 saturated heterocycles. The van der Waals surface area contributed by atoms with Crippen LogP contribution in [0, 0.1) is 0 Å². The smallest absolute Gasteiger partial charge is 0.376 e. The predicted molar refractivity (Wildman–Crippen MR) is 168 cm³/mol. The van der Waals surface area contributed by atoms with Crippen LogP contribution in [0.3, 0.4) is 0 Å². The summed E-state index contributed by atoms with van der Waals surface area (Å²) in [5, 5.41) is 0.653. The van der Waals surface area contributed by atoms with E-state index in [1.54, 1.807) is 17.8 Å². The number of hydrogen-bond donors (Lipinski definition) is 0. The third kappa shape index (κ3) is 6.54. The molecule has 0 atom stereocenters. The lowest BCUT2D eigenvalue weighted by Gasteiger charge is -2.17. The summed E-state index contributed by atoms with van der Waals surface area (Å²) in [5.41, 5.74) is 1.41.